The average Bonchev–Trinajstić information content (AvgIpc) is 3.29. The Morgan fingerprint density at radius 1 is 1.19 bits per heavy atom. The summed E-state index contributed by atoms with van der Waals surface area (Å²) in [5.41, 5.74) is 3.78. The second-order valence-electron chi connectivity index (χ2n) is 9.95. The molecule has 2 aromatic rings. The smallest absolute Gasteiger partial charge is 0.410 e. The van der Waals surface area contributed by atoms with Crippen LogP contribution in [0, 0.1) is 6.92 Å². The summed E-state index contributed by atoms with van der Waals surface area (Å²) >= 11 is 0. The fourth-order valence-corrected chi connectivity index (χ4v) is 4.28. The molecule has 4 rings (SSSR count). The van der Waals surface area contributed by atoms with Crippen molar-refractivity contribution in [1.82, 2.24) is 10.1 Å². The van der Waals surface area contributed by atoms with Crippen LogP contribution in [-0.4, -0.2) is 40.9 Å². The van der Waals surface area contributed by atoms with Gasteiger partial charge in [-0.3, -0.25) is 0 Å². The zero-order valence-electron chi connectivity index (χ0n) is 19.3. The number of rotatable bonds is 6. The number of aromatic nitrogens is 1. The van der Waals surface area contributed by atoms with Crippen molar-refractivity contribution in [2.75, 3.05) is 7.05 Å². The third-order valence-corrected chi connectivity index (χ3v) is 6.22. The van der Waals surface area contributed by atoms with Gasteiger partial charge in [-0.05, 0) is 65.4 Å². The lowest BCUT2D eigenvalue weighted by molar-refractivity contribution is 0.0167. The Kier molecular flexibility index (Phi) is 6.11. The van der Waals surface area contributed by atoms with Crippen LogP contribution < -0.4 is 0 Å². The zero-order valence-corrected chi connectivity index (χ0v) is 19.3. The molecule has 1 heterocycles. The van der Waals surface area contributed by atoms with E-state index in [1.54, 1.807) is 4.90 Å². The van der Waals surface area contributed by atoms with Gasteiger partial charge in [-0.25, -0.2) is 4.79 Å². The molecule has 0 unspecified atom stereocenters. The molecule has 2 fully saturated rings. The quantitative estimate of drug-likeness (QED) is 0.581. The molecule has 1 aromatic carbocycles. The van der Waals surface area contributed by atoms with E-state index in [4.69, 9.17) is 14.0 Å². The van der Waals surface area contributed by atoms with Gasteiger partial charge < -0.3 is 18.9 Å². The van der Waals surface area contributed by atoms with Crippen LogP contribution in [-0.2, 0) is 16.1 Å². The van der Waals surface area contributed by atoms with E-state index in [1.807, 2.05) is 40.0 Å². The molecule has 0 aliphatic heterocycles. The van der Waals surface area contributed by atoms with Gasteiger partial charge in [0.15, 0.2) is 0 Å². The average molecular weight is 427 g/mol. The summed E-state index contributed by atoms with van der Waals surface area (Å²) in [5.74, 6) is 1.46. The molecular weight excluding hydrogens is 392 g/mol. The van der Waals surface area contributed by atoms with Crippen molar-refractivity contribution in [1.29, 1.82) is 0 Å². The Labute approximate surface area is 184 Å². The Balaban J connectivity index is 1.42. The fraction of sp³-hybridized carbons (Fsp3) is 0.600. The lowest BCUT2D eigenvalue weighted by Gasteiger charge is -2.28. The highest BCUT2D eigenvalue weighted by Crippen LogP contribution is 2.44. The van der Waals surface area contributed by atoms with Gasteiger partial charge in [0.2, 0.25) is 0 Å². The highest BCUT2D eigenvalue weighted by Gasteiger charge is 2.35. The van der Waals surface area contributed by atoms with Crippen LogP contribution in [0.25, 0.3) is 11.3 Å². The first kappa shape index (κ1) is 21.9. The van der Waals surface area contributed by atoms with E-state index in [0.29, 0.717) is 12.5 Å². The first-order valence-corrected chi connectivity index (χ1v) is 11.3. The molecule has 0 radical (unpaired) electrons. The molecule has 6 heteroatoms. The molecule has 0 bridgehead atoms. The number of carbonyl (C=O) groups excluding carboxylic acids is 1. The third kappa shape index (κ3) is 5.12. The normalized spacial score (nSPS) is 21.3. The van der Waals surface area contributed by atoms with Crippen LogP contribution in [0.3, 0.4) is 0 Å². The maximum absolute atomic E-state index is 12.4. The van der Waals surface area contributed by atoms with E-state index < -0.39 is 5.60 Å². The number of amides is 1. The lowest BCUT2D eigenvalue weighted by Crippen LogP contribution is -2.39. The number of benzene rings is 1. The van der Waals surface area contributed by atoms with Gasteiger partial charge in [0.05, 0.1) is 12.7 Å². The van der Waals surface area contributed by atoms with Gasteiger partial charge in [-0.15, -0.1) is 0 Å². The Hall–Kier alpha value is -2.34. The summed E-state index contributed by atoms with van der Waals surface area (Å²) in [7, 11) is 1.82. The van der Waals surface area contributed by atoms with Gasteiger partial charge in [0.25, 0.3) is 0 Å². The summed E-state index contributed by atoms with van der Waals surface area (Å²) in [6.45, 7) is 8.26. The summed E-state index contributed by atoms with van der Waals surface area (Å²) in [5, 5.41) is 4.43. The van der Waals surface area contributed by atoms with E-state index in [-0.39, 0.29) is 18.2 Å². The molecule has 0 spiro atoms. The van der Waals surface area contributed by atoms with E-state index in [9.17, 15) is 4.79 Å². The molecule has 2 aliphatic carbocycles. The number of carbonyl (C=O) groups is 1. The van der Waals surface area contributed by atoms with Gasteiger partial charge in [-0.1, -0.05) is 29.4 Å². The van der Waals surface area contributed by atoms with Crippen molar-refractivity contribution in [2.24, 2.45) is 0 Å². The predicted octanol–water partition coefficient (Wildman–Crippen LogP) is 5.83. The second kappa shape index (κ2) is 8.65. The first-order chi connectivity index (χ1) is 14.7. The van der Waals surface area contributed by atoms with Gasteiger partial charge in [0.1, 0.15) is 17.1 Å². The lowest BCUT2D eigenvalue weighted by atomic mass is 10.0. The molecule has 2 saturated carbocycles. The monoisotopic (exact) mass is 426 g/mol. The van der Waals surface area contributed by atoms with E-state index >= 15 is 0 Å². The minimum Gasteiger partial charge on any atom is -0.444 e. The molecule has 1 amide bonds. The summed E-state index contributed by atoms with van der Waals surface area (Å²) in [6, 6.07) is 8.40. The molecule has 2 aliphatic rings. The van der Waals surface area contributed by atoms with Crippen molar-refractivity contribution in [2.45, 2.75) is 90.1 Å². The minimum atomic E-state index is -0.487. The zero-order chi connectivity index (χ0) is 22.2. The van der Waals surface area contributed by atoms with Crippen LogP contribution in [0.2, 0.25) is 0 Å². The Bertz CT molecular complexity index is 926. The van der Waals surface area contributed by atoms with E-state index in [0.717, 1.165) is 54.7 Å². The molecule has 31 heavy (non-hydrogen) atoms. The molecular formula is C25H34N2O4. The highest BCUT2D eigenvalue weighted by atomic mass is 16.6. The maximum atomic E-state index is 12.4. The largest absolute Gasteiger partial charge is 0.444 e. The van der Waals surface area contributed by atoms with Crippen molar-refractivity contribution in [3.05, 3.63) is 41.2 Å². The number of aryl methyl sites for hydroxylation is 1. The Morgan fingerprint density at radius 3 is 2.61 bits per heavy atom. The van der Waals surface area contributed by atoms with Gasteiger partial charge >= 0.3 is 6.09 Å². The van der Waals surface area contributed by atoms with Gasteiger partial charge in [0, 0.05) is 30.1 Å². The molecule has 0 N–H and O–H groups in total. The molecule has 168 valence electrons. The maximum Gasteiger partial charge on any atom is 0.410 e. The van der Waals surface area contributed by atoms with Crippen LogP contribution in [0.1, 0.15) is 75.7 Å². The van der Waals surface area contributed by atoms with Crippen LogP contribution in [0.5, 0.6) is 0 Å². The van der Waals surface area contributed by atoms with E-state index in [2.05, 4.69) is 24.2 Å². The number of hydrogen-bond acceptors (Lipinski definition) is 5. The van der Waals surface area contributed by atoms with Crippen LogP contribution >= 0.6 is 0 Å². The first-order valence-electron chi connectivity index (χ1n) is 11.3. The summed E-state index contributed by atoms with van der Waals surface area (Å²) < 4.78 is 17.6. The summed E-state index contributed by atoms with van der Waals surface area (Å²) in [4.78, 5) is 14.1. The van der Waals surface area contributed by atoms with Crippen molar-refractivity contribution in [3.63, 3.8) is 0 Å². The highest BCUT2D eigenvalue weighted by molar-refractivity contribution is 5.68. The topological polar surface area (TPSA) is 64.8 Å². The van der Waals surface area contributed by atoms with Crippen LogP contribution in [0.4, 0.5) is 4.79 Å². The minimum absolute atomic E-state index is 0.113. The van der Waals surface area contributed by atoms with Crippen molar-refractivity contribution in [3.8, 4) is 11.3 Å². The summed E-state index contributed by atoms with van der Waals surface area (Å²) in [6.07, 6.45) is 4.82. The molecule has 2 atom stereocenters. The molecule has 0 saturated heterocycles. The SMILES string of the molecule is Cc1ccccc1-c1noc(C2CC2)c1CO[C@H]1CC[C@@H](N(C)C(=O)OC(C)(C)C)C1. The second-order valence-corrected chi connectivity index (χ2v) is 9.95. The van der Waals surface area contributed by atoms with Gasteiger partial charge in [-0.2, -0.15) is 0 Å². The van der Waals surface area contributed by atoms with Crippen molar-refractivity contribution < 1.29 is 18.8 Å². The molecule has 6 nitrogen and oxygen atoms in total. The predicted molar refractivity (Wildman–Crippen MR) is 119 cm³/mol. The fourth-order valence-electron chi connectivity index (χ4n) is 4.28. The molecule has 1 aromatic heterocycles. The Morgan fingerprint density at radius 2 is 1.94 bits per heavy atom. The number of ether oxygens (including phenoxy) is 2. The number of nitrogens with zero attached hydrogens (tertiary/aromatic N) is 2. The van der Waals surface area contributed by atoms with Crippen LogP contribution in [0.15, 0.2) is 28.8 Å². The van der Waals surface area contributed by atoms with E-state index in [1.165, 1.54) is 5.56 Å². The third-order valence-electron chi connectivity index (χ3n) is 6.22. The van der Waals surface area contributed by atoms with Crippen molar-refractivity contribution >= 4 is 6.09 Å². The number of hydrogen-bond donors (Lipinski definition) is 0. The standard InChI is InChI=1S/C25H34N2O4/c1-16-8-6-7-9-20(16)22-21(23(31-26-22)17-10-11-17)15-29-19-13-12-18(14-19)27(5)24(28)30-25(2,3)4/h6-9,17-19H,10-15H2,1-5H3/t18-,19+/m1/s1.